The number of ether oxygens (including phenoxy) is 1. The third-order valence-electron chi connectivity index (χ3n) is 4.74. The van der Waals surface area contributed by atoms with Crippen molar-refractivity contribution in [3.8, 4) is 0 Å². The van der Waals surface area contributed by atoms with Crippen molar-refractivity contribution >= 4 is 52.5 Å². The van der Waals surface area contributed by atoms with Crippen LogP contribution in [-0.2, 0) is 19.1 Å². The van der Waals surface area contributed by atoms with E-state index < -0.39 is 22.9 Å². The highest BCUT2D eigenvalue weighted by Crippen LogP contribution is 2.56. The van der Waals surface area contributed by atoms with Crippen LogP contribution in [0.3, 0.4) is 0 Å². The van der Waals surface area contributed by atoms with Crippen LogP contribution < -0.4 is 10.2 Å². The molecule has 6 nitrogen and oxygen atoms in total. The van der Waals surface area contributed by atoms with Gasteiger partial charge in [-0.15, -0.1) is 0 Å². The zero-order valence-electron chi connectivity index (χ0n) is 15.0. The Morgan fingerprint density at radius 1 is 1.25 bits per heavy atom. The lowest BCUT2D eigenvalue weighted by Gasteiger charge is -2.29. The van der Waals surface area contributed by atoms with Crippen LogP contribution >= 0.6 is 23.4 Å². The Labute approximate surface area is 171 Å². The number of nitrogens with zero attached hydrogens (tertiary/aromatic N) is 1. The topological polar surface area (TPSA) is 75.7 Å². The second-order valence-electron chi connectivity index (χ2n) is 6.63. The molecule has 2 aliphatic heterocycles. The van der Waals surface area contributed by atoms with Crippen molar-refractivity contribution in [2.45, 2.75) is 35.6 Å². The van der Waals surface area contributed by atoms with Crippen LogP contribution in [-0.4, -0.2) is 28.8 Å². The molecule has 2 heterocycles. The van der Waals surface area contributed by atoms with Gasteiger partial charge in [0.2, 0.25) is 5.91 Å². The molecule has 8 heteroatoms. The zero-order valence-corrected chi connectivity index (χ0v) is 16.5. The van der Waals surface area contributed by atoms with E-state index in [1.165, 1.54) is 23.6 Å². The number of benzene rings is 2. The minimum Gasteiger partial charge on any atom is -0.450 e. The lowest BCUT2D eigenvalue weighted by atomic mass is 10.2. The number of thioether (sulfide) groups is 1. The monoisotopic (exact) mass is 416 g/mol. The predicted octanol–water partition coefficient (Wildman–Crippen LogP) is 3.84. The molecule has 2 aromatic carbocycles. The number of fused-ring (bicyclic) bond motifs is 3. The second kappa shape index (κ2) is 7.14. The van der Waals surface area contributed by atoms with Gasteiger partial charge in [0.05, 0.1) is 5.69 Å². The summed E-state index contributed by atoms with van der Waals surface area (Å²) < 4.78 is 5.48. The van der Waals surface area contributed by atoms with Gasteiger partial charge in [-0.25, -0.2) is 4.79 Å². The molecule has 0 spiro atoms. The van der Waals surface area contributed by atoms with Gasteiger partial charge >= 0.3 is 5.97 Å². The van der Waals surface area contributed by atoms with E-state index >= 15 is 0 Å². The number of esters is 1. The fraction of sp³-hybridized carbons (Fsp3) is 0.250. The van der Waals surface area contributed by atoms with Gasteiger partial charge in [-0.05, 0) is 37.3 Å². The molecule has 0 aliphatic carbocycles. The molecule has 2 aromatic rings. The summed E-state index contributed by atoms with van der Waals surface area (Å²) in [5.74, 6) is -1.18. The predicted molar refractivity (Wildman–Crippen MR) is 107 cm³/mol. The first kappa shape index (κ1) is 18.8. The van der Waals surface area contributed by atoms with Gasteiger partial charge in [-0.1, -0.05) is 41.6 Å². The van der Waals surface area contributed by atoms with Crippen LogP contribution in [0.15, 0.2) is 53.4 Å². The van der Waals surface area contributed by atoms with Crippen molar-refractivity contribution in [2.75, 3.05) is 10.2 Å². The maximum atomic E-state index is 13.0. The molecule has 1 saturated heterocycles. The van der Waals surface area contributed by atoms with Crippen LogP contribution in [0.2, 0.25) is 5.02 Å². The van der Waals surface area contributed by atoms with Crippen molar-refractivity contribution in [1.29, 1.82) is 0 Å². The highest BCUT2D eigenvalue weighted by molar-refractivity contribution is 8.02. The van der Waals surface area contributed by atoms with E-state index in [9.17, 15) is 14.4 Å². The molecule has 0 unspecified atom stereocenters. The van der Waals surface area contributed by atoms with E-state index in [1.54, 1.807) is 24.3 Å². The average molecular weight is 417 g/mol. The lowest BCUT2D eigenvalue weighted by Crippen LogP contribution is -2.49. The van der Waals surface area contributed by atoms with E-state index in [1.807, 2.05) is 24.3 Å². The summed E-state index contributed by atoms with van der Waals surface area (Å²) in [7, 11) is 0. The molecule has 2 atom stereocenters. The Hall–Kier alpha value is -2.51. The molecule has 0 saturated carbocycles. The number of rotatable bonds is 4. The summed E-state index contributed by atoms with van der Waals surface area (Å²) in [6, 6.07) is 14.1. The van der Waals surface area contributed by atoms with E-state index in [-0.39, 0.29) is 12.3 Å². The maximum Gasteiger partial charge on any atom is 0.344 e. The zero-order chi connectivity index (χ0) is 19.9. The molecule has 1 N–H and O–H groups in total. The van der Waals surface area contributed by atoms with Crippen LogP contribution in [0.1, 0.15) is 19.8 Å². The summed E-state index contributed by atoms with van der Waals surface area (Å²) in [5.41, 5.74) is 1.22. The lowest BCUT2D eigenvalue weighted by molar-refractivity contribution is -0.155. The first-order valence-electron chi connectivity index (χ1n) is 8.79. The second-order valence-corrected chi connectivity index (χ2v) is 8.39. The summed E-state index contributed by atoms with van der Waals surface area (Å²) in [5, 5.41) is 3.16. The molecular formula is C20H17ClN2O4S. The maximum absolute atomic E-state index is 13.0. The fourth-order valence-corrected chi connectivity index (χ4v) is 4.98. The van der Waals surface area contributed by atoms with Crippen LogP contribution in [0, 0.1) is 0 Å². The van der Waals surface area contributed by atoms with Crippen molar-refractivity contribution < 1.29 is 19.1 Å². The molecule has 2 amide bonds. The van der Waals surface area contributed by atoms with E-state index in [0.29, 0.717) is 22.8 Å². The van der Waals surface area contributed by atoms with Crippen molar-refractivity contribution in [2.24, 2.45) is 0 Å². The van der Waals surface area contributed by atoms with Gasteiger partial charge in [0.1, 0.15) is 0 Å². The third-order valence-corrected chi connectivity index (χ3v) is 6.43. The number of halogens is 1. The summed E-state index contributed by atoms with van der Waals surface area (Å²) in [6.07, 6.45) is -0.422. The van der Waals surface area contributed by atoms with Gasteiger partial charge in [0.15, 0.2) is 11.0 Å². The molecule has 0 aromatic heterocycles. The van der Waals surface area contributed by atoms with Gasteiger partial charge in [0, 0.05) is 28.4 Å². The molecule has 0 bridgehead atoms. The molecule has 1 fully saturated rings. The number of hydrogen-bond acceptors (Lipinski definition) is 5. The van der Waals surface area contributed by atoms with Gasteiger partial charge in [0.25, 0.3) is 5.91 Å². The SMILES string of the molecule is C[C@@H](OC(=O)[C@]12CCC(=O)N1c1ccccc1S2)C(=O)Nc1cccc(Cl)c1. The number of carbonyl (C=O) groups excluding carboxylic acids is 3. The Morgan fingerprint density at radius 2 is 2.04 bits per heavy atom. The molecule has 144 valence electrons. The Balaban J connectivity index is 1.50. The highest BCUT2D eigenvalue weighted by Gasteiger charge is 2.58. The Kier molecular flexibility index (Phi) is 4.81. The smallest absolute Gasteiger partial charge is 0.344 e. The van der Waals surface area contributed by atoms with Gasteiger partial charge in [-0.2, -0.15) is 0 Å². The van der Waals surface area contributed by atoms with Crippen molar-refractivity contribution in [3.63, 3.8) is 0 Å². The van der Waals surface area contributed by atoms with Crippen LogP contribution in [0.4, 0.5) is 11.4 Å². The molecule has 2 aliphatic rings. The number of amides is 2. The number of anilines is 2. The van der Waals surface area contributed by atoms with E-state index in [4.69, 9.17) is 16.3 Å². The minimum absolute atomic E-state index is 0.120. The quantitative estimate of drug-likeness (QED) is 0.766. The Bertz CT molecular complexity index is 982. The summed E-state index contributed by atoms with van der Waals surface area (Å²) in [6.45, 7) is 1.50. The Morgan fingerprint density at radius 3 is 2.82 bits per heavy atom. The minimum atomic E-state index is -1.15. The fourth-order valence-electron chi connectivity index (χ4n) is 3.39. The number of hydrogen-bond donors (Lipinski definition) is 1. The first-order chi connectivity index (χ1) is 13.4. The molecule has 28 heavy (non-hydrogen) atoms. The first-order valence-corrected chi connectivity index (χ1v) is 9.99. The van der Waals surface area contributed by atoms with E-state index in [2.05, 4.69) is 5.32 Å². The van der Waals surface area contributed by atoms with Crippen molar-refractivity contribution in [1.82, 2.24) is 0 Å². The summed E-state index contributed by atoms with van der Waals surface area (Å²) in [4.78, 5) is 39.1. The van der Waals surface area contributed by atoms with Gasteiger partial charge < -0.3 is 10.1 Å². The molecule has 4 rings (SSSR count). The number of para-hydroxylation sites is 1. The van der Waals surface area contributed by atoms with Crippen LogP contribution in [0.25, 0.3) is 0 Å². The normalized spacial score (nSPS) is 21.1. The summed E-state index contributed by atoms with van der Waals surface area (Å²) >= 11 is 7.23. The number of nitrogens with one attached hydrogen (secondary N) is 1. The standard InChI is InChI=1S/C20H17ClN2O4S/c1-12(18(25)22-14-6-4-5-13(21)11-14)27-19(26)20-10-9-17(24)23(20)15-7-2-3-8-16(15)28-20/h2-8,11-12H,9-10H2,1H3,(H,22,25)/t12-,20-/m1/s1. The number of carbonyl (C=O) groups is 3. The molecule has 0 radical (unpaired) electrons. The van der Waals surface area contributed by atoms with E-state index in [0.717, 1.165) is 4.90 Å². The van der Waals surface area contributed by atoms with Crippen molar-refractivity contribution in [3.05, 3.63) is 53.6 Å². The molecular weight excluding hydrogens is 400 g/mol. The van der Waals surface area contributed by atoms with Crippen LogP contribution in [0.5, 0.6) is 0 Å². The largest absolute Gasteiger partial charge is 0.450 e. The average Bonchev–Trinajstić information content (AvgIpc) is 3.17. The highest BCUT2D eigenvalue weighted by atomic mass is 35.5. The van der Waals surface area contributed by atoms with Gasteiger partial charge in [-0.3, -0.25) is 14.5 Å². The third kappa shape index (κ3) is 3.14.